The summed E-state index contributed by atoms with van der Waals surface area (Å²) in [5, 5.41) is 3.23. The molecule has 17 heavy (non-hydrogen) atoms. The van der Waals surface area contributed by atoms with E-state index in [2.05, 4.69) is 17.5 Å². The summed E-state index contributed by atoms with van der Waals surface area (Å²) in [5.74, 6) is -0.0358. The Labute approximate surface area is 103 Å². The first-order chi connectivity index (χ1) is 8.11. The molecule has 98 valence electrons. The number of esters is 1. The topological polar surface area (TPSA) is 67.8 Å². The van der Waals surface area contributed by atoms with Gasteiger partial charge in [-0.2, -0.15) is 0 Å². The van der Waals surface area contributed by atoms with Gasteiger partial charge in [0.1, 0.15) is 6.04 Å². The van der Waals surface area contributed by atoms with Crippen molar-refractivity contribution in [3.05, 3.63) is 0 Å². The molecule has 0 aliphatic rings. The molecule has 0 aromatic heterocycles. The van der Waals surface area contributed by atoms with E-state index in [9.17, 15) is 9.59 Å². The van der Waals surface area contributed by atoms with Crippen molar-refractivity contribution >= 4 is 12.0 Å². The molecule has 1 atom stereocenters. The Balaban J connectivity index is 4.07. The van der Waals surface area contributed by atoms with E-state index in [1.807, 2.05) is 13.8 Å². The largest absolute Gasteiger partial charge is 0.464 e. The predicted molar refractivity (Wildman–Crippen MR) is 65.0 cm³/mol. The third-order valence-corrected chi connectivity index (χ3v) is 2.25. The maximum atomic E-state index is 11.7. The quantitative estimate of drug-likeness (QED) is 0.221. The van der Waals surface area contributed by atoms with Gasteiger partial charge in [-0.05, 0) is 18.8 Å². The SMILES string of the molecule is CCCCCOC(=O)[C@H](CC(C)C)NN=C=O. The molecule has 5 heteroatoms. The summed E-state index contributed by atoms with van der Waals surface area (Å²) in [5.41, 5.74) is 2.47. The highest BCUT2D eigenvalue weighted by atomic mass is 16.5. The summed E-state index contributed by atoms with van der Waals surface area (Å²) in [6, 6.07) is -0.557. The van der Waals surface area contributed by atoms with E-state index in [1.165, 1.54) is 6.08 Å². The summed E-state index contributed by atoms with van der Waals surface area (Å²) in [7, 11) is 0. The van der Waals surface area contributed by atoms with Gasteiger partial charge in [0.15, 0.2) is 0 Å². The highest BCUT2D eigenvalue weighted by Gasteiger charge is 2.20. The molecule has 5 nitrogen and oxygen atoms in total. The van der Waals surface area contributed by atoms with Gasteiger partial charge in [0, 0.05) is 0 Å². The summed E-state index contributed by atoms with van der Waals surface area (Å²) in [6.45, 7) is 6.49. The first-order valence-electron chi connectivity index (χ1n) is 6.10. The number of hydrogen-bond donors (Lipinski definition) is 1. The second kappa shape index (κ2) is 9.85. The van der Waals surface area contributed by atoms with Crippen LogP contribution in [0.2, 0.25) is 0 Å². The molecule has 0 spiro atoms. The molecule has 1 N–H and O–H groups in total. The molecule has 0 saturated carbocycles. The predicted octanol–water partition coefficient (Wildman–Crippen LogP) is 1.97. The molecule has 0 aromatic carbocycles. The number of hydrazone groups is 1. The van der Waals surface area contributed by atoms with Gasteiger partial charge in [0.25, 0.3) is 6.08 Å². The molecular weight excluding hydrogens is 220 g/mol. The lowest BCUT2D eigenvalue weighted by Crippen LogP contribution is -2.36. The monoisotopic (exact) mass is 242 g/mol. The summed E-state index contributed by atoms with van der Waals surface area (Å²) in [6.07, 6.45) is 4.94. The van der Waals surface area contributed by atoms with Crippen molar-refractivity contribution < 1.29 is 14.3 Å². The Bertz CT molecular complexity index is 260. The Morgan fingerprint density at radius 3 is 2.65 bits per heavy atom. The van der Waals surface area contributed by atoms with Gasteiger partial charge in [-0.3, -0.25) is 5.43 Å². The number of isocyanates is 1. The lowest BCUT2D eigenvalue weighted by Gasteiger charge is -2.16. The number of ether oxygens (including phenoxy) is 1. The van der Waals surface area contributed by atoms with Gasteiger partial charge < -0.3 is 4.74 Å². The molecule has 0 amide bonds. The number of nitrogens with zero attached hydrogens (tertiary/aromatic N) is 1. The Morgan fingerprint density at radius 1 is 1.41 bits per heavy atom. The van der Waals surface area contributed by atoms with Crippen LogP contribution >= 0.6 is 0 Å². The zero-order valence-electron chi connectivity index (χ0n) is 10.9. The van der Waals surface area contributed by atoms with Gasteiger partial charge in [-0.1, -0.05) is 38.7 Å². The van der Waals surface area contributed by atoms with Crippen molar-refractivity contribution in [1.29, 1.82) is 0 Å². The average Bonchev–Trinajstić information content (AvgIpc) is 2.29. The normalized spacial score (nSPS) is 11.8. The second-order valence-electron chi connectivity index (χ2n) is 4.39. The highest BCUT2D eigenvalue weighted by molar-refractivity contribution is 5.75. The van der Waals surface area contributed by atoms with E-state index in [4.69, 9.17) is 4.74 Å². The third kappa shape index (κ3) is 8.46. The lowest BCUT2D eigenvalue weighted by atomic mass is 10.0. The molecule has 0 saturated heterocycles. The molecule has 0 rings (SSSR count). The van der Waals surface area contributed by atoms with E-state index in [1.54, 1.807) is 0 Å². The van der Waals surface area contributed by atoms with Crippen molar-refractivity contribution in [2.75, 3.05) is 6.61 Å². The minimum absolute atomic E-state index is 0.317. The number of rotatable bonds is 9. The Hall–Kier alpha value is -1.35. The minimum Gasteiger partial charge on any atom is -0.464 e. The number of hydrogen-bond acceptors (Lipinski definition) is 5. The van der Waals surface area contributed by atoms with Gasteiger partial charge in [0.05, 0.1) is 6.61 Å². The van der Waals surface area contributed by atoms with Crippen LogP contribution in [0.5, 0.6) is 0 Å². The van der Waals surface area contributed by atoms with Gasteiger partial charge in [-0.15, -0.1) is 0 Å². The highest BCUT2D eigenvalue weighted by Crippen LogP contribution is 2.07. The first-order valence-corrected chi connectivity index (χ1v) is 6.10. The van der Waals surface area contributed by atoms with Gasteiger partial charge >= 0.3 is 5.97 Å². The fourth-order valence-corrected chi connectivity index (χ4v) is 1.40. The smallest absolute Gasteiger partial charge is 0.330 e. The van der Waals surface area contributed by atoms with Crippen LogP contribution < -0.4 is 5.43 Å². The van der Waals surface area contributed by atoms with Crippen LogP contribution in [-0.2, 0) is 14.3 Å². The molecule has 0 aliphatic heterocycles. The number of nitrogens with one attached hydrogen (secondary N) is 1. The lowest BCUT2D eigenvalue weighted by molar-refractivity contribution is -0.146. The van der Waals surface area contributed by atoms with E-state index in [-0.39, 0.29) is 5.97 Å². The third-order valence-electron chi connectivity index (χ3n) is 2.25. The van der Waals surface area contributed by atoms with Crippen molar-refractivity contribution in [3.63, 3.8) is 0 Å². The van der Waals surface area contributed by atoms with Crippen LogP contribution in [0.4, 0.5) is 0 Å². The van der Waals surface area contributed by atoms with Crippen LogP contribution in [0.1, 0.15) is 46.5 Å². The zero-order chi connectivity index (χ0) is 13.1. The molecule has 0 bridgehead atoms. The van der Waals surface area contributed by atoms with Gasteiger partial charge in [-0.25, -0.2) is 9.59 Å². The number of unbranched alkanes of at least 4 members (excludes halogenated alkanes) is 2. The standard InChI is InChI=1S/C12H22N2O3/c1-4-5-6-7-17-12(16)11(8-10(2)3)14-13-9-15/h10-11,14H,4-8H2,1-3H3/t11-/m0/s1. The molecule has 0 aliphatic carbocycles. The Kier molecular flexibility index (Phi) is 9.06. The van der Waals surface area contributed by atoms with Gasteiger partial charge in [0.2, 0.25) is 0 Å². The molecule has 0 unspecified atom stereocenters. The molecule has 0 aromatic rings. The fourth-order valence-electron chi connectivity index (χ4n) is 1.40. The van der Waals surface area contributed by atoms with E-state index >= 15 is 0 Å². The van der Waals surface area contributed by atoms with E-state index in [0.717, 1.165) is 19.3 Å². The maximum absolute atomic E-state index is 11.7. The van der Waals surface area contributed by atoms with E-state index in [0.29, 0.717) is 18.9 Å². The van der Waals surface area contributed by atoms with Crippen molar-refractivity contribution in [3.8, 4) is 0 Å². The second-order valence-corrected chi connectivity index (χ2v) is 4.39. The number of carbonyl (C=O) groups excluding carboxylic acids is 2. The van der Waals surface area contributed by atoms with E-state index < -0.39 is 6.04 Å². The van der Waals surface area contributed by atoms with Crippen LogP contribution in [0.25, 0.3) is 0 Å². The molecule has 0 radical (unpaired) electrons. The summed E-state index contributed by atoms with van der Waals surface area (Å²) in [4.78, 5) is 21.7. The first kappa shape index (κ1) is 15.7. The van der Waals surface area contributed by atoms with Crippen LogP contribution in [0.15, 0.2) is 5.10 Å². The van der Waals surface area contributed by atoms with Crippen molar-refractivity contribution in [1.82, 2.24) is 5.43 Å². The molecular formula is C12H22N2O3. The average molecular weight is 242 g/mol. The van der Waals surface area contributed by atoms with Crippen molar-refractivity contribution in [2.24, 2.45) is 11.0 Å². The Morgan fingerprint density at radius 2 is 2.12 bits per heavy atom. The number of carbonyl (C=O) groups is 1. The maximum Gasteiger partial charge on any atom is 0.330 e. The minimum atomic E-state index is -0.557. The van der Waals surface area contributed by atoms with Crippen LogP contribution in [-0.4, -0.2) is 24.7 Å². The van der Waals surface area contributed by atoms with Crippen molar-refractivity contribution in [2.45, 2.75) is 52.5 Å². The summed E-state index contributed by atoms with van der Waals surface area (Å²) >= 11 is 0. The molecule has 0 fully saturated rings. The van der Waals surface area contributed by atoms with Crippen LogP contribution in [0, 0.1) is 5.92 Å². The summed E-state index contributed by atoms with van der Waals surface area (Å²) < 4.78 is 5.11. The fraction of sp³-hybridized carbons (Fsp3) is 0.833. The molecule has 0 heterocycles. The zero-order valence-corrected chi connectivity index (χ0v) is 10.9. The van der Waals surface area contributed by atoms with Crippen LogP contribution in [0.3, 0.4) is 0 Å².